The molecule has 0 aliphatic carbocycles. The van der Waals surface area contributed by atoms with Crippen molar-refractivity contribution in [2.75, 3.05) is 7.11 Å². The molecular weight excluding hydrogens is 238 g/mol. The van der Waals surface area contributed by atoms with Crippen molar-refractivity contribution in [2.45, 2.75) is 13.5 Å². The van der Waals surface area contributed by atoms with E-state index in [9.17, 15) is 5.11 Å². The van der Waals surface area contributed by atoms with Crippen LogP contribution in [0, 0.1) is 0 Å². The molecule has 0 amide bonds. The number of hydrogen-bond acceptors (Lipinski definition) is 3. The van der Waals surface area contributed by atoms with Gasteiger partial charge in [0, 0.05) is 16.8 Å². The van der Waals surface area contributed by atoms with Gasteiger partial charge in [0.05, 0.1) is 13.7 Å². The number of ether oxygens (including phenoxy) is 1. The quantitative estimate of drug-likeness (QED) is 0.851. The van der Waals surface area contributed by atoms with Crippen LogP contribution in [0.3, 0.4) is 0 Å². The normalized spacial score (nSPS) is 11.4. The topological polar surface area (TPSA) is 41.8 Å². The van der Waals surface area contributed by atoms with Crippen LogP contribution in [0.1, 0.15) is 18.1 Å². The van der Waals surface area contributed by atoms with Gasteiger partial charge < -0.3 is 9.84 Å². The van der Waals surface area contributed by atoms with E-state index in [2.05, 4.69) is 4.99 Å². The Morgan fingerprint density at radius 1 is 1.11 bits per heavy atom. The molecular formula is C16H17NO2. The van der Waals surface area contributed by atoms with Crippen LogP contribution in [0.5, 0.6) is 11.5 Å². The SMILES string of the molecule is COc1ccccc1CN=C(C)c1ccccc1O. The van der Waals surface area contributed by atoms with Gasteiger partial charge in [0.15, 0.2) is 0 Å². The fourth-order valence-corrected chi connectivity index (χ4v) is 1.90. The number of para-hydroxylation sites is 2. The summed E-state index contributed by atoms with van der Waals surface area (Å²) in [5.41, 5.74) is 2.60. The number of aromatic hydroxyl groups is 1. The zero-order valence-electron chi connectivity index (χ0n) is 11.1. The highest BCUT2D eigenvalue weighted by Gasteiger charge is 2.04. The molecule has 0 fully saturated rings. The van der Waals surface area contributed by atoms with E-state index < -0.39 is 0 Å². The lowest BCUT2D eigenvalue weighted by Crippen LogP contribution is -1.97. The number of benzene rings is 2. The van der Waals surface area contributed by atoms with Crippen molar-refractivity contribution < 1.29 is 9.84 Å². The van der Waals surface area contributed by atoms with Gasteiger partial charge in [-0.1, -0.05) is 30.3 Å². The highest BCUT2D eigenvalue weighted by atomic mass is 16.5. The second-order valence-corrected chi connectivity index (χ2v) is 4.23. The molecule has 0 aliphatic heterocycles. The monoisotopic (exact) mass is 255 g/mol. The molecule has 0 saturated carbocycles. The van der Waals surface area contributed by atoms with E-state index in [1.807, 2.05) is 43.3 Å². The van der Waals surface area contributed by atoms with Crippen LogP contribution in [0.2, 0.25) is 0 Å². The lowest BCUT2D eigenvalue weighted by molar-refractivity contribution is 0.410. The summed E-state index contributed by atoms with van der Waals surface area (Å²) in [5.74, 6) is 1.08. The molecule has 0 heterocycles. The molecule has 98 valence electrons. The van der Waals surface area contributed by atoms with Crippen molar-refractivity contribution in [2.24, 2.45) is 4.99 Å². The maximum absolute atomic E-state index is 9.77. The summed E-state index contributed by atoms with van der Waals surface area (Å²) in [5, 5.41) is 9.77. The first-order valence-electron chi connectivity index (χ1n) is 6.13. The van der Waals surface area contributed by atoms with Gasteiger partial charge in [0.1, 0.15) is 11.5 Å². The summed E-state index contributed by atoms with van der Waals surface area (Å²) in [7, 11) is 1.65. The van der Waals surface area contributed by atoms with Crippen molar-refractivity contribution >= 4 is 5.71 Å². The first-order chi connectivity index (χ1) is 9.22. The van der Waals surface area contributed by atoms with Crippen molar-refractivity contribution in [3.8, 4) is 11.5 Å². The maximum Gasteiger partial charge on any atom is 0.124 e. The molecule has 19 heavy (non-hydrogen) atoms. The van der Waals surface area contributed by atoms with Crippen LogP contribution >= 0.6 is 0 Å². The van der Waals surface area contributed by atoms with E-state index in [1.54, 1.807) is 19.2 Å². The van der Waals surface area contributed by atoms with Gasteiger partial charge in [0.2, 0.25) is 0 Å². The standard InChI is InChI=1S/C16H17NO2/c1-12(14-8-4-5-9-15(14)18)17-11-13-7-3-6-10-16(13)19-2/h3-10,18H,11H2,1-2H3. The molecule has 3 nitrogen and oxygen atoms in total. The number of phenols is 1. The summed E-state index contributed by atoms with van der Waals surface area (Å²) in [6, 6.07) is 15.0. The van der Waals surface area contributed by atoms with Gasteiger partial charge in [-0.3, -0.25) is 4.99 Å². The number of rotatable bonds is 4. The van der Waals surface area contributed by atoms with Gasteiger partial charge in [-0.2, -0.15) is 0 Å². The molecule has 0 spiro atoms. The Labute approximate surface area is 113 Å². The molecule has 0 saturated heterocycles. The number of hydrogen-bond donors (Lipinski definition) is 1. The van der Waals surface area contributed by atoms with Crippen molar-refractivity contribution in [3.05, 3.63) is 59.7 Å². The van der Waals surface area contributed by atoms with Crippen LogP contribution in [-0.4, -0.2) is 17.9 Å². The van der Waals surface area contributed by atoms with Crippen molar-refractivity contribution in [1.82, 2.24) is 0 Å². The summed E-state index contributed by atoms with van der Waals surface area (Å²) >= 11 is 0. The molecule has 3 heteroatoms. The van der Waals surface area contributed by atoms with E-state index >= 15 is 0 Å². The maximum atomic E-state index is 9.77. The summed E-state index contributed by atoms with van der Waals surface area (Å²) in [6.45, 7) is 2.43. The summed E-state index contributed by atoms with van der Waals surface area (Å²) < 4.78 is 5.29. The van der Waals surface area contributed by atoms with Crippen molar-refractivity contribution in [3.63, 3.8) is 0 Å². The Morgan fingerprint density at radius 3 is 2.53 bits per heavy atom. The summed E-state index contributed by atoms with van der Waals surface area (Å²) in [6.07, 6.45) is 0. The van der Waals surface area contributed by atoms with E-state index in [0.717, 1.165) is 22.6 Å². The zero-order chi connectivity index (χ0) is 13.7. The number of nitrogens with zero attached hydrogens (tertiary/aromatic N) is 1. The Bertz CT molecular complexity index is 591. The Kier molecular flexibility index (Phi) is 4.18. The van der Waals surface area contributed by atoms with E-state index in [1.165, 1.54) is 0 Å². The molecule has 2 aromatic rings. The molecule has 0 atom stereocenters. The minimum atomic E-state index is 0.253. The molecule has 0 aromatic heterocycles. The molecule has 0 aliphatic rings. The minimum Gasteiger partial charge on any atom is -0.507 e. The highest BCUT2D eigenvalue weighted by molar-refractivity contribution is 6.00. The predicted octanol–water partition coefficient (Wildman–Crippen LogP) is 3.41. The van der Waals surface area contributed by atoms with E-state index in [4.69, 9.17) is 4.74 Å². The van der Waals surface area contributed by atoms with Gasteiger partial charge in [-0.15, -0.1) is 0 Å². The van der Waals surface area contributed by atoms with Gasteiger partial charge in [-0.05, 0) is 25.1 Å². The number of phenolic OH excluding ortho intramolecular Hbond substituents is 1. The zero-order valence-corrected chi connectivity index (χ0v) is 11.1. The van der Waals surface area contributed by atoms with Gasteiger partial charge in [0.25, 0.3) is 0 Å². The fourth-order valence-electron chi connectivity index (χ4n) is 1.90. The number of methoxy groups -OCH3 is 1. The molecule has 0 bridgehead atoms. The largest absolute Gasteiger partial charge is 0.507 e. The lowest BCUT2D eigenvalue weighted by atomic mass is 10.1. The predicted molar refractivity (Wildman–Crippen MR) is 77.0 cm³/mol. The van der Waals surface area contributed by atoms with Gasteiger partial charge in [-0.25, -0.2) is 0 Å². The molecule has 0 radical (unpaired) electrons. The second-order valence-electron chi connectivity index (χ2n) is 4.23. The molecule has 0 unspecified atom stereocenters. The second kappa shape index (κ2) is 6.05. The summed E-state index contributed by atoms with van der Waals surface area (Å²) in [4.78, 5) is 4.51. The smallest absolute Gasteiger partial charge is 0.124 e. The Hall–Kier alpha value is -2.29. The fraction of sp³-hybridized carbons (Fsp3) is 0.188. The van der Waals surface area contributed by atoms with Crippen LogP contribution in [-0.2, 0) is 6.54 Å². The molecule has 2 aromatic carbocycles. The van der Waals surface area contributed by atoms with Crippen molar-refractivity contribution in [1.29, 1.82) is 0 Å². The Balaban J connectivity index is 2.21. The van der Waals surface area contributed by atoms with Crippen LogP contribution in [0.25, 0.3) is 0 Å². The molecule has 1 N–H and O–H groups in total. The van der Waals surface area contributed by atoms with Crippen LogP contribution < -0.4 is 4.74 Å². The third kappa shape index (κ3) is 3.13. The number of aliphatic imine (C=N–C) groups is 1. The Morgan fingerprint density at radius 2 is 1.79 bits per heavy atom. The van der Waals surface area contributed by atoms with E-state index in [0.29, 0.717) is 6.54 Å². The third-order valence-corrected chi connectivity index (χ3v) is 2.97. The lowest BCUT2D eigenvalue weighted by Gasteiger charge is -2.07. The molecule has 2 rings (SSSR count). The first kappa shape index (κ1) is 13.1. The average molecular weight is 255 g/mol. The first-order valence-corrected chi connectivity index (χ1v) is 6.13. The van der Waals surface area contributed by atoms with Crippen LogP contribution in [0.15, 0.2) is 53.5 Å². The highest BCUT2D eigenvalue weighted by Crippen LogP contribution is 2.20. The van der Waals surface area contributed by atoms with Gasteiger partial charge >= 0.3 is 0 Å². The third-order valence-electron chi connectivity index (χ3n) is 2.97. The average Bonchev–Trinajstić information content (AvgIpc) is 2.45. The minimum absolute atomic E-state index is 0.253. The van der Waals surface area contributed by atoms with Crippen LogP contribution in [0.4, 0.5) is 0 Å². The van der Waals surface area contributed by atoms with E-state index in [-0.39, 0.29) is 5.75 Å².